The molecule has 0 aliphatic heterocycles. The van der Waals surface area contributed by atoms with E-state index in [0.717, 1.165) is 39.0 Å². The molecule has 2 rings (SSSR count). The molecule has 0 saturated carbocycles. The Morgan fingerprint density at radius 1 is 0.636 bits per heavy atom. The van der Waals surface area contributed by atoms with Crippen LogP contribution in [0.4, 0.5) is 0 Å². The number of hydrogen-bond donors (Lipinski definition) is 2. The molecule has 44 heavy (non-hydrogen) atoms. The molecule has 2 N–H and O–H groups in total. The zero-order chi connectivity index (χ0) is 33.2. The summed E-state index contributed by atoms with van der Waals surface area (Å²) in [6.07, 6.45) is 28.8. The second-order valence-corrected chi connectivity index (χ2v) is 13.6. The van der Waals surface area contributed by atoms with E-state index in [1.165, 1.54) is 5.57 Å². The quantitative estimate of drug-likeness (QED) is 0.248. The van der Waals surface area contributed by atoms with Crippen LogP contribution in [-0.4, -0.2) is 28.2 Å². The van der Waals surface area contributed by atoms with Crippen LogP contribution in [0.5, 0.6) is 0 Å². The average molecular weight is 595 g/mol. The van der Waals surface area contributed by atoms with Crippen molar-refractivity contribution in [2.24, 2.45) is 10.8 Å². The van der Waals surface area contributed by atoms with Crippen molar-refractivity contribution in [1.82, 2.24) is 0 Å². The van der Waals surface area contributed by atoms with Gasteiger partial charge in [-0.3, -0.25) is 4.79 Å². The van der Waals surface area contributed by atoms with Crippen molar-refractivity contribution in [2.75, 3.05) is 0 Å². The van der Waals surface area contributed by atoms with Crippen molar-refractivity contribution < 1.29 is 15.0 Å². The number of Topliss-reactive ketones (excluding diaryl/α,β-unsaturated/α-hetero) is 1. The number of rotatable bonds is 10. The molecule has 0 fully saturated rings. The molecule has 0 amide bonds. The number of carbonyl (C=O) groups is 1. The van der Waals surface area contributed by atoms with Gasteiger partial charge in [0.05, 0.1) is 6.10 Å². The van der Waals surface area contributed by atoms with E-state index in [-0.39, 0.29) is 16.6 Å². The maximum Gasteiger partial charge on any atom is 0.187 e. The predicted octanol–water partition coefficient (Wildman–Crippen LogP) is 9.89. The maximum absolute atomic E-state index is 12.2. The predicted molar refractivity (Wildman–Crippen MR) is 189 cm³/mol. The van der Waals surface area contributed by atoms with Gasteiger partial charge in [0.2, 0.25) is 0 Å². The van der Waals surface area contributed by atoms with Crippen LogP contribution in [0.2, 0.25) is 0 Å². The van der Waals surface area contributed by atoms with Gasteiger partial charge in [0.15, 0.2) is 5.78 Å². The SMILES string of the molecule is C=C1C(C)=C(/C=C/C(C)=C/C=C/C(C)=C/C=C/C=C(C)/C=C/C=C(C)/C=C/C2=C(C)C(=O)[C@H](O)CC2(C)C)C(C)(C)C[C@H]1O. The van der Waals surface area contributed by atoms with Gasteiger partial charge in [-0.25, -0.2) is 0 Å². The Morgan fingerprint density at radius 2 is 1.00 bits per heavy atom. The molecular formula is C41H54O3. The van der Waals surface area contributed by atoms with Gasteiger partial charge < -0.3 is 10.2 Å². The highest BCUT2D eigenvalue weighted by Gasteiger charge is 2.36. The van der Waals surface area contributed by atoms with E-state index in [2.05, 4.69) is 110 Å². The fraction of sp³-hybridized carbons (Fsp3) is 0.390. The molecule has 2 aliphatic rings. The van der Waals surface area contributed by atoms with Crippen LogP contribution in [0, 0.1) is 10.8 Å². The third-order valence-corrected chi connectivity index (χ3v) is 8.52. The molecule has 0 saturated heterocycles. The first-order valence-corrected chi connectivity index (χ1v) is 15.6. The lowest BCUT2D eigenvalue weighted by molar-refractivity contribution is -0.125. The molecular weight excluding hydrogens is 540 g/mol. The number of hydrogen-bond acceptors (Lipinski definition) is 3. The molecule has 0 aromatic rings. The first-order valence-electron chi connectivity index (χ1n) is 15.6. The topological polar surface area (TPSA) is 57.5 Å². The third-order valence-electron chi connectivity index (χ3n) is 8.52. The summed E-state index contributed by atoms with van der Waals surface area (Å²) in [5.41, 5.74) is 9.00. The van der Waals surface area contributed by atoms with Gasteiger partial charge >= 0.3 is 0 Å². The Kier molecular flexibility index (Phi) is 13.3. The van der Waals surface area contributed by atoms with Gasteiger partial charge in [0, 0.05) is 0 Å². The van der Waals surface area contributed by atoms with Gasteiger partial charge in [0.1, 0.15) is 6.10 Å². The van der Waals surface area contributed by atoms with Gasteiger partial charge in [-0.05, 0) is 93.1 Å². The van der Waals surface area contributed by atoms with E-state index in [9.17, 15) is 15.0 Å². The smallest absolute Gasteiger partial charge is 0.187 e. The molecule has 0 heterocycles. The number of allylic oxidation sites excluding steroid dienone is 20. The molecule has 2 atom stereocenters. The minimum Gasteiger partial charge on any atom is -0.388 e. The Morgan fingerprint density at radius 3 is 1.45 bits per heavy atom. The lowest BCUT2D eigenvalue weighted by Gasteiger charge is -2.37. The Labute approximate surface area is 267 Å². The maximum atomic E-state index is 12.2. The summed E-state index contributed by atoms with van der Waals surface area (Å²) in [6.45, 7) is 24.7. The highest BCUT2D eigenvalue weighted by Crippen LogP contribution is 2.43. The molecule has 0 aromatic heterocycles. The van der Waals surface area contributed by atoms with E-state index in [1.54, 1.807) is 6.92 Å². The number of ketones is 1. The molecule has 0 radical (unpaired) electrons. The minimum atomic E-state index is -0.901. The van der Waals surface area contributed by atoms with Crippen LogP contribution in [0.15, 0.2) is 142 Å². The van der Waals surface area contributed by atoms with E-state index in [4.69, 9.17) is 0 Å². The van der Waals surface area contributed by atoms with Crippen LogP contribution in [0.3, 0.4) is 0 Å². The molecule has 3 nitrogen and oxygen atoms in total. The second-order valence-electron chi connectivity index (χ2n) is 13.6. The molecule has 0 unspecified atom stereocenters. The van der Waals surface area contributed by atoms with Crippen molar-refractivity contribution in [1.29, 1.82) is 0 Å². The summed E-state index contributed by atoms with van der Waals surface area (Å²) >= 11 is 0. The summed E-state index contributed by atoms with van der Waals surface area (Å²) in [5, 5.41) is 20.3. The lowest BCUT2D eigenvalue weighted by Crippen LogP contribution is -2.35. The lowest BCUT2D eigenvalue weighted by atomic mass is 9.70. The molecule has 3 heteroatoms. The first-order chi connectivity index (χ1) is 20.5. The molecule has 2 aliphatic carbocycles. The van der Waals surface area contributed by atoms with Crippen LogP contribution >= 0.6 is 0 Å². The number of carbonyl (C=O) groups excluding carboxylic acids is 1. The van der Waals surface area contributed by atoms with Gasteiger partial charge in [-0.2, -0.15) is 0 Å². The molecule has 0 bridgehead atoms. The zero-order valence-corrected chi connectivity index (χ0v) is 28.7. The van der Waals surface area contributed by atoms with Crippen molar-refractivity contribution >= 4 is 5.78 Å². The van der Waals surface area contributed by atoms with E-state index in [0.29, 0.717) is 18.4 Å². The Bertz CT molecular complexity index is 1340. The Balaban J connectivity index is 1.95. The molecule has 236 valence electrons. The highest BCUT2D eigenvalue weighted by atomic mass is 16.3. The van der Waals surface area contributed by atoms with E-state index in [1.807, 2.05) is 44.2 Å². The fourth-order valence-electron chi connectivity index (χ4n) is 5.69. The standard InChI is InChI=1S/C41H54O3/c1-28(18-14-20-30(3)22-24-35-32(5)33(6)37(42)26-40(35,8)9)16-12-13-17-29(2)19-15-21-31(4)23-25-36-34(7)39(44)38(43)27-41(36,10)11/h12-25,37-38,42-43H,6,26-27H2,1-5,7-11H3/b13-12+,18-14+,19-15+,24-22+,25-23+,28-16+,29-17+,30-20+,31-21+/t37-,38-/m1/s1. The average Bonchev–Trinajstić information content (AvgIpc) is 2.92. The van der Waals surface area contributed by atoms with Crippen LogP contribution in [0.1, 0.15) is 82.1 Å². The highest BCUT2D eigenvalue weighted by molar-refractivity contribution is 6.00. The summed E-state index contributed by atoms with van der Waals surface area (Å²) in [7, 11) is 0. The molecule has 0 aromatic carbocycles. The molecule has 0 spiro atoms. The van der Waals surface area contributed by atoms with Crippen molar-refractivity contribution in [3.05, 3.63) is 142 Å². The largest absolute Gasteiger partial charge is 0.388 e. The van der Waals surface area contributed by atoms with Gasteiger partial charge in [-0.15, -0.1) is 0 Å². The van der Waals surface area contributed by atoms with Gasteiger partial charge in [-0.1, -0.05) is 142 Å². The summed E-state index contributed by atoms with van der Waals surface area (Å²) in [4.78, 5) is 12.2. The minimum absolute atomic E-state index is 0.0852. The van der Waals surface area contributed by atoms with Crippen LogP contribution in [0.25, 0.3) is 0 Å². The number of aliphatic hydroxyl groups excluding tert-OH is 2. The van der Waals surface area contributed by atoms with Crippen molar-refractivity contribution in [2.45, 2.75) is 94.3 Å². The fourth-order valence-corrected chi connectivity index (χ4v) is 5.69. The first kappa shape index (κ1) is 36.7. The normalized spacial score (nSPS) is 24.5. The van der Waals surface area contributed by atoms with Crippen molar-refractivity contribution in [3.63, 3.8) is 0 Å². The number of aliphatic hydroxyl groups is 2. The summed E-state index contributed by atoms with van der Waals surface area (Å²) in [6, 6.07) is 0. The van der Waals surface area contributed by atoms with Gasteiger partial charge in [0.25, 0.3) is 0 Å². The van der Waals surface area contributed by atoms with E-state index >= 15 is 0 Å². The zero-order valence-electron chi connectivity index (χ0n) is 28.7. The monoisotopic (exact) mass is 594 g/mol. The van der Waals surface area contributed by atoms with Crippen LogP contribution in [-0.2, 0) is 4.79 Å². The van der Waals surface area contributed by atoms with E-state index < -0.39 is 12.2 Å². The second kappa shape index (κ2) is 16.0. The van der Waals surface area contributed by atoms with Crippen LogP contribution < -0.4 is 0 Å². The Hall–Kier alpha value is -3.53. The summed E-state index contributed by atoms with van der Waals surface area (Å²) < 4.78 is 0. The third kappa shape index (κ3) is 10.6. The van der Waals surface area contributed by atoms with Crippen molar-refractivity contribution in [3.8, 4) is 0 Å². The summed E-state index contributed by atoms with van der Waals surface area (Å²) in [5.74, 6) is -0.168.